The highest BCUT2D eigenvalue weighted by atomic mass is 16.6. The number of aliphatic carboxylic acids is 1. The second kappa shape index (κ2) is 9.01. The number of hydrogen-bond acceptors (Lipinski definition) is 10. The number of fused-ring (bicyclic) bond motifs is 1. The minimum absolute atomic E-state index is 0.0795. The van der Waals surface area contributed by atoms with Crippen LogP contribution in [0, 0.1) is 5.41 Å². The van der Waals surface area contributed by atoms with Gasteiger partial charge in [-0.15, -0.1) is 0 Å². The topological polar surface area (TPSA) is 186 Å². The van der Waals surface area contributed by atoms with E-state index >= 15 is 0 Å². The highest BCUT2D eigenvalue weighted by Crippen LogP contribution is 2.32. The Bertz CT molecular complexity index is 915. The summed E-state index contributed by atoms with van der Waals surface area (Å²) >= 11 is 0. The normalized spacial score (nSPS) is 25.4. The van der Waals surface area contributed by atoms with Crippen molar-refractivity contribution in [1.29, 1.82) is 0 Å². The van der Waals surface area contributed by atoms with E-state index in [1.165, 1.54) is 17.2 Å². The lowest BCUT2D eigenvalue weighted by molar-refractivity contribution is -0.138. The molecule has 3 heterocycles. The molecule has 0 aromatic carbocycles. The molecule has 0 unspecified atom stereocenters. The molecule has 12 nitrogen and oxygen atoms in total. The molecule has 12 heteroatoms. The zero-order chi connectivity index (χ0) is 22.9. The van der Waals surface area contributed by atoms with Crippen LogP contribution in [0.3, 0.4) is 0 Å². The van der Waals surface area contributed by atoms with Crippen LogP contribution in [0.1, 0.15) is 33.4 Å². The summed E-state index contributed by atoms with van der Waals surface area (Å²) in [5, 5.41) is 30.4. The van der Waals surface area contributed by atoms with Gasteiger partial charge in [-0.1, -0.05) is 20.8 Å². The molecule has 0 spiro atoms. The van der Waals surface area contributed by atoms with Crippen LogP contribution in [-0.4, -0.2) is 89.7 Å². The Morgan fingerprint density at radius 1 is 1.29 bits per heavy atom. The van der Waals surface area contributed by atoms with Crippen molar-refractivity contribution in [3.05, 3.63) is 12.7 Å². The summed E-state index contributed by atoms with van der Waals surface area (Å²) in [6.07, 6.45) is -0.993. The first-order chi connectivity index (χ1) is 14.5. The van der Waals surface area contributed by atoms with Crippen LogP contribution >= 0.6 is 0 Å². The first kappa shape index (κ1) is 23.3. The highest BCUT2D eigenvalue weighted by molar-refractivity contribution is 5.81. The zero-order valence-corrected chi connectivity index (χ0v) is 17.9. The van der Waals surface area contributed by atoms with Crippen LogP contribution in [0.25, 0.3) is 11.2 Å². The molecule has 31 heavy (non-hydrogen) atoms. The third kappa shape index (κ3) is 5.28. The molecule has 5 atom stereocenters. The molecule has 172 valence electrons. The Balaban J connectivity index is 1.76. The van der Waals surface area contributed by atoms with Gasteiger partial charge in [0.05, 0.1) is 6.33 Å². The van der Waals surface area contributed by atoms with Crippen LogP contribution in [0.15, 0.2) is 12.7 Å². The summed E-state index contributed by atoms with van der Waals surface area (Å²) in [6.45, 7) is 7.51. The van der Waals surface area contributed by atoms with Gasteiger partial charge in [-0.3, -0.25) is 9.36 Å². The molecule has 0 radical (unpaired) electrons. The third-order valence-corrected chi connectivity index (χ3v) is 5.21. The van der Waals surface area contributed by atoms with E-state index in [-0.39, 0.29) is 17.7 Å². The standard InChI is InChI=1S/C19H31N7O5/c1-19(2,3)7-25(5-4-10(20)18(29)30)6-11-13(27)14(28)17(31-11)26-9-24-12-15(21)22-8-23-16(12)26/h8-11,13-14,17,27-28H,4-7,20H2,1-3H3,(H,29,30)(H2,21,22,23)/t10-,11+,13+,14+,17+/m0/s1. The van der Waals surface area contributed by atoms with Crippen molar-refractivity contribution < 1.29 is 24.9 Å². The highest BCUT2D eigenvalue weighted by Gasteiger charge is 2.45. The Labute approximate surface area is 179 Å². The van der Waals surface area contributed by atoms with Crippen LogP contribution in [0.4, 0.5) is 5.82 Å². The van der Waals surface area contributed by atoms with Crippen LogP contribution in [0.2, 0.25) is 0 Å². The van der Waals surface area contributed by atoms with Crippen molar-refractivity contribution >= 4 is 23.0 Å². The summed E-state index contributed by atoms with van der Waals surface area (Å²) in [4.78, 5) is 25.3. The number of aliphatic hydroxyl groups is 2. The molecule has 7 N–H and O–H groups in total. The third-order valence-electron chi connectivity index (χ3n) is 5.21. The van der Waals surface area contributed by atoms with Crippen molar-refractivity contribution in [3.8, 4) is 0 Å². The molecule has 2 aromatic rings. The first-order valence-electron chi connectivity index (χ1n) is 10.1. The maximum absolute atomic E-state index is 11.1. The minimum atomic E-state index is -1.21. The average molecular weight is 438 g/mol. The summed E-state index contributed by atoms with van der Waals surface area (Å²) in [6, 6.07) is -0.974. The number of ether oxygens (including phenoxy) is 1. The fourth-order valence-corrected chi connectivity index (χ4v) is 3.77. The van der Waals surface area contributed by atoms with Gasteiger partial charge in [-0.2, -0.15) is 0 Å². The molecule has 0 aliphatic carbocycles. The first-order valence-corrected chi connectivity index (χ1v) is 10.1. The Hall–Kier alpha value is -2.38. The fraction of sp³-hybridized carbons (Fsp3) is 0.684. The Morgan fingerprint density at radius 2 is 2.00 bits per heavy atom. The van der Waals surface area contributed by atoms with Gasteiger partial charge in [-0.05, 0) is 11.8 Å². The molecule has 1 aliphatic heterocycles. The van der Waals surface area contributed by atoms with Gasteiger partial charge < -0.3 is 36.4 Å². The minimum Gasteiger partial charge on any atom is -0.480 e. The lowest BCUT2D eigenvalue weighted by Crippen LogP contribution is -2.45. The number of imidazole rings is 1. The quantitative estimate of drug-likeness (QED) is 0.347. The number of aliphatic hydroxyl groups excluding tert-OH is 2. The van der Waals surface area contributed by atoms with Crippen molar-refractivity contribution in [1.82, 2.24) is 24.4 Å². The van der Waals surface area contributed by atoms with E-state index in [2.05, 4.69) is 35.7 Å². The number of rotatable bonds is 8. The van der Waals surface area contributed by atoms with Crippen LogP contribution in [0.5, 0.6) is 0 Å². The maximum atomic E-state index is 11.1. The van der Waals surface area contributed by atoms with Gasteiger partial charge in [0, 0.05) is 19.6 Å². The summed E-state index contributed by atoms with van der Waals surface area (Å²) in [7, 11) is 0. The fourth-order valence-electron chi connectivity index (χ4n) is 3.77. The van der Waals surface area contributed by atoms with Crippen molar-refractivity contribution in [3.63, 3.8) is 0 Å². The van der Waals surface area contributed by atoms with Gasteiger partial charge in [0.1, 0.15) is 36.2 Å². The molecule has 1 fully saturated rings. The van der Waals surface area contributed by atoms with Gasteiger partial charge in [0.2, 0.25) is 0 Å². The van der Waals surface area contributed by atoms with Crippen LogP contribution in [-0.2, 0) is 9.53 Å². The number of aromatic nitrogens is 4. The van der Waals surface area contributed by atoms with Gasteiger partial charge in [0.25, 0.3) is 0 Å². The van der Waals surface area contributed by atoms with Crippen molar-refractivity contribution in [2.24, 2.45) is 11.1 Å². The number of nitrogen functional groups attached to an aromatic ring is 1. The monoisotopic (exact) mass is 437 g/mol. The summed E-state index contributed by atoms with van der Waals surface area (Å²) < 4.78 is 7.53. The Kier molecular flexibility index (Phi) is 6.76. The van der Waals surface area contributed by atoms with E-state index in [0.717, 1.165) is 0 Å². The lowest BCUT2D eigenvalue weighted by atomic mass is 9.95. The number of nitrogens with two attached hydrogens (primary N) is 2. The number of nitrogens with zero attached hydrogens (tertiary/aromatic N) is 5. The van der Waals surface area contributed by atoms with Gasteiger partial charge >= 0.3 is 5.97 Å². The number of carbonyl (C=O) groups is 1. The number of hydrogen-bond donors (Lipinski definition) is 5. The molecular formula is C19H31N7O5. The lowest BCUT2D eigenvalue weighted by Gasteiger charge is -2.32. The molecule has 1 saturated heterocycles. The molecular weight excluding hydrogens is 406 g/mol. The number of carboxylic acids is 1. The van der Waals surface area contributed by atoms with Crippen molar-refractivity contribution in [2.45, 2.75) is 57.8 Å². The molecule has 0 bridgehead atoms. The van der Waals surface area contributed by atoms with E-state index in [4.69, 9.17) is 21.3 Å². The summed E-state index contributed by atoms with van der Waals surface area (Å²) in [5.41, 5.74) is 12.2. The molecule has 2 aromatic heterocycles. The predicted molar refractivity (Wildman–Crippen MR) is 112 cm³/mol. The second-order valence-corrected chi connectivity index (χ2v) is 9.16. The smallest absolute Gasteiger partial charge is 0.320 e. The number of carboxylic acid groups (broad SMARTS) is 1. The van der Waals surface area contributed by atoms with E-state index in [1.807, 2.05) is 4.90 Å². The van der Waals surface area contributed by atoms with Crippen molar-refractivity contribution in [2.75, 3.05) is 25.4 Å². The maximum Gasteiger partial charge on any atom is 0.320 e. The molecule has 0 amide bonds. The predicted octanol–water partition coefficient (Wildman–Crippen LogP) is -0.822. The van der Waals surface area contributed by atoms with Gasteiger partial charge in [0.15, 0.2) is 17.7 Å². The van der Waals surface area contributed by atoms with Gasteiger partial charge in [-0.25, -0.2) is 15.0 Å². The van der Waals surface area contributed by atoms with E-state index < -0.39 is 36.6 Å². The van der Waals surface area contributed by atoms with E-state index in [1.54, 1.807) is 0 Å². The SMILES string of the molecule is CC(C)(C)CN(CC[C@H](N)C(=O)O)C[C@H]1O[C@@H](n2cnc3c(N)ncnc32)[C@H](O)[C@@H]1O. The molecule has 3 rings (SSSR count). The van der Waals surface area contributed by atoms with E-state index in [0.29, 0.717) is 30.8 Å². The van der Waals surface area contributed by atoms with E-state index in [9.17, 15) is 15.0 Å². The molecule has 0 saturated carbocycles. The largest absolute Gasteiger partial charge is 0.480 e. The van der Waals surface area contributed by atoms with Crippen LogP contribution < -0.4 is 11.5 Å². The average Bonchev–Trinajstić information content (AvgIpc) is 3.22. The second-order valence-electron chi connectivity index (χ2n) is 9.16. The number of anilines is 1. The zero-order valence-electron chi connectivity index (χ0n) is 17.9. The molecule has 1 aliphatic rings. The Morgan fingerprint density at radius 3 is 2.65 bits per heavy atom. The summed E-state index contributed by atoms with van der Waals surface area (Å²) in [5.74, 6) is -0.851.